The molecule has 0 bridgehead atoms. The number of imide groups is 1. The lowest BCUT2D eigenvalue weighted by Gasteiger charge is -2.26. The van der Waals surface area contributed by atoms with E-state index in [9.17, 15) is 29.1 Å². The molecule has 12 heteroatoms. The number of carbonyl (C=O) groups is 4. The summed E-state index contributed by atoms with van der Waals surface area (Å²) < 4.78 is 16.2. The molecule has 1 aromatic rings. The number of nitrogens with zero attached hydrogens (tertiary/aromatic N) is 2. The van der Waals surface area contributed by atoms with Gasteiger partial charge in [-0.2, -0.15) is 0 Å². The number of aliphatic hydroxyl groups excluding tert-OH is 1. The molecular weight excluding hydrogens is 402 g/mol. The summed E-state index contributed by atoms with van der Waals surface area (Å²) in [5, 5.41) is 9.67. The zero-order valence-corrected chi connectivity index (χ0v) is 17.1. The number of anilines is 1. The van der Waals surface area contributed by atoms with Gasteiger partial charge in [0.25, 0.3) is 5.56 Å². The first kappa shape index (κ1) is 23.2. The third-order valence-corrected chi connectivity index (χ3v) is 4.31. The van der Waals surface area contributed by atoms with Gasteiger partial charge in [0, 0.05) is 27.7 Å². The normalized spacial score (nSPS) is 23.0. The van der Waals surface area contributed by atoms with Crippen LogP contribution in [0.5, 0.6) is 0 Å². The van der Waals surface area contributed by atoms with Crippen molar-refractivity contribution >= 4 is 29.6 Å². The number of rotatable bonds is 5. The third-order valence-electron chi connectivity index (χ3n) is 4.31. The number of amides is 2. The Morgan fingerprint density at radius 3 is 2.07 bits per heavy atom. The Labute approximate surface area is 171 Å². The van der Waals surface area contributed by atoms with E-state index in [0.717, 1.165) is 27.7 Å². The van der Waals surface area contributed by atoms with Crippen LogP contribution in [0.15, 0.2) is 4.79 Å². The van der Waals surface area contributed by atoms with Crippen LogP contribution in [0.25, 0.3) is 0 Å². The standard InChI is InChI=1S/C18H23N3O9/c1-7-18(27)20-17(21(8(2)23)9(3)24)13(19-7)15-16(29-11(5)26)14(28-10(4)25)12(6-22)30-15/h12,14-16,22H,6H2,1-5H3,(H,20,27)/t12-,14-,15+,16-/m1/s1. The fraction of sp³-hybridized carbons (Fsp3) is 0.556. The number of aromatic amines is 1. The van der Waals surface area contributed by atoms with Crippen molar-refractivity contribution in [3.05, 3.63) is 21.7 Å². The molecule has 30 heavy (non-hydrogen) atoms. The Morgan fingerprint density at radius 2 is 1.60 bits per heavy atom. The second kappa shape index (κ2) is 9.13. The maximum absolute atomic E-state index is 12.1. The number of hydrogen-bond acceptors (Lipinski definition) is 10. The summed E-state index contributed by atoms with van der Waals surface area (Å²) in [5.74, 6) is -3.13. The van der Waals surface area contributed by atoms with E-state index in [4.69, 9.17) is 14.2 Å². The minimum absolute atomic E-state index is 0.0116. The van der Waals surface area contributed by atoms with E-state index in [0.29, 0.717) is 4.90 Å². The van der Waals surface area contributed by atoms with E-state index in [1.807, 2.05) is 0 Å². The molecule has 0 aromatic carbocycles. The molecule has 2 amide bonds. The highest BCUT2D eigenvalue weighted by molar-refractivity contribution is 6.12. The predicted octanol–water partition coefficient (Wildman–Crippen LogP) is -0.727. The first-order chi connectivity index (χ1) is 14.0. The number of hydrogen-bond donors (Lipinski definition) is 2. The number of carbonyl (C=O) groups excluding carboxylic acids is 4. The van der Waals surface area contributed by atoms with E-state index in [2.05, 4.69) is 9.97 Å². The Morgan fingerprint density at radius 1 is 1.07 bits per heavy atom. The molecule has 4 atom stereocenters. The first-order valence-corrected chi connectivity index (χ1v) is 9.00. The van der Waals surface area contributed by atoms with Crippen LogP contribution in [0, 0.1) is 6.92 Å². The molecule has 1 aliphatic heterocycles. The van der Waals surface area contributed by atoms with E-state index >= 15 is 0 Å². The number of ether oxygens (including phenoxy) is 3. The molecule has 2 N–H and O–H groups in total. The number of nitrogens with one attached hydrogen (secondary N) is 1. The van der Waals surface area contributed by atoms with Crippen molar-refractivity contribution < 1.29 is 38.5 Å². The first-order valence-electron chi connectivity index (χ1n) is 9.00. The number of esters is 2. The van der Waals surface area contributed by atoms with Gasteiger partial charge in [-0.1, -0.05) is 0 Å². The van der Waals surface area contributed by atoms with Gasteiger partial charge >= 0.3 is 11.9 Å². The molecule has 2 heterocycles. The van der Waals surface area contributed by atoms with Gasteiger partial charge in [0.05, 0.1) is 6.61 Å². The highest BCUT2D eigenvalue weighted by atomic mass is 16.6. The Bertz CT molecular complexity index is 912. The molecule has 1 aliphatic rings. The summed E-state index contributed by atoms with van der Waals surface area (Å²) in [7, 11) is 0. The molecule has 1 fully saturated rings. The largest absolute Gasteiger partial charge is 0.456 e. The summed E-state index contributed by atoms with van der Waals surface area (Å²) in [5.41, 5.74) is -0.766. The van der Waals surface area contributed by atoms with E-state index < -0.39 is 60.3 Å². The van der Waals surface area contributed by atoms with Crippen molar-refractivity contribution in [3.63, 3.8) is 0 Å². The third kappa shape index (κ3) is 4.71. The predicted molar refractivity (Wildman–Crippen MR) is 99.2 cm³/mol. The van der Waals surface area contributed by atoms with Gasteiger partial charge in [-0.3, -0.25) is 24.0 Å². The lowest BCUT2D eigenvalue weighted by atomic mass is 10.0. The lowest BCUT2D eigenvalue weighted by molar-refractivity contribution is -0.164. The Kier molecular flexibility index (Phi) is 7.05. The highest BCUT2D eigenvalue weighted by Gasteiger charge is 2.51. The number of H-pyrrole nitrogens is 1. The van der Waals surface area contributed by atoms with Crippen molar-refractivity contribution in [2.45, 2.75) is 59.0 Å². The summed E-state index contributed by atoms with van der Waals surface area (Å²) in [6.07, 6.45) is -4.80. The van der Waals surface area contributed by atoms with Crippen LogP contribution in [0.4, 0.5) is 5.82 Å². The molecular formula is C18H23N3O9. The van der Waals surface area contributed by atoms with E-state index in [1.165, 1.54) is 6.92 Å². The monoisotopic (exact) mass is 425 g/mol. The fourth-order valence-corrected chi connectivity index (χ4v) is 3.20. The average molecular weight is 425 g/mol. The Balaban J connectivity index is 2.69. The molecule has 0 saturated carbocycles. The van der Waals surface area contributed by atoms with E-state index in [1.54, 1.807) is 0 Å². The SMILES string of the molecule is CC(=O)O[C@@H]1[C@H](OC(C)=O)[C@@H](CO)O[C@H]1c1nc(C)c(=O)[nH]c1N(C(C)=O)C(C)=O. The molecule has 0 spiro atoms. The molecule has 0 aliphatic carbocycles. The summed E-state index contributed by atoms with van der Waals surface area (Å²) >= 11 is 0. The average Bonchev–Trinajstić information content (AvgIpc) is 2.93. The molecule has 0 unspecified atom stereocenters. The summed E-state index contributed by atoms with van der Waals surface area (Å²) in [6.45, 7) is 5.28. The van der Waals surface area contributed by atoms with Crippen LogP contribution in [-0.4, -0.2) is 63.7 Å². The molecule has 1 aromatic heterocycles. The van der Waals surface area contributed by atoms with Crippen molar-refractivity contribution in [1.29, 1.82) is 0 Å². The van der Waals surface area contributed by atoms with Gasteiger partial charge in [0.15, 0.2) is 12.2 Å². The highest BCUT2D eigenvalue weighted by Crippen LogP contribution is 2.39. The van der Waals surface area contributed by atoms with E-state index in [-0.39, 0.29) is 17.2 Å². The van der Waals surface area contributed by atoms with Crippen LogP contribution >= 0.6 is 0 Å². The summed E-state index contributed by atoms with van der Waals surface area (Å²) in [6, 6.07) is 0. The number of aromatic nitrogens is 2. The van der Waals surface area contributed by atoms with Gasteiger partial charge in [-0.15, -0.1) is 0 Å². The van der Waals surface area contributed by atoms with Gasteiger partial charge < -0.3 is 24.3 Å². The van der Waals surface area contributed by atoms with Gasteiger partial charge in [-0.05, 0) is 6.92 Å². The molecule has 12 nitrogen and oxygen atoms in total. The zero-order chi connectivity index (χ0) is 22.7. The van der Waals surface area contributed by atoms with Crippen LogP contribution in [0.1, 0.15) is 45.2 Å². The van der Waals surface area contributed by atoms with Gasteiger partial charge in [-0.25, -0.2) is 9.88 Å². The smallest absolute Gasteiger partial charge is 0.303 e. The van der Waals surface area contributed by atoms with Crippen LogP contribution in [0.2, 0.25) is 0 Å². The maximum atomic E-state index is 12.1. The quantitative estimate of drug-likeness (QED) is 0.575. The fourth-order valence-electron chi connectivity index (χ4n) is 3.20. The molecule has 164 valence electrons. The van der Waals surface area contributed by atoms with Crippen molar-refractivity contribution in [3.8, 4) is 0 Å². The summed E-state index contributed by atoms with van der Waals surface area (Å²) in [4.78, 5) is 66.7. The maximum Gasteiger partial charge on any atom is 0.303 e. The number of aliphatic hydroxyl groups is 1. The van der Waals surface area contributed by atoms with Crippen molar-refractivity contribution in [2.75, 3.05) is 11.5 Å². The molecule has 2 rings (SSSR count). The van der Waals surface area contributed by atoms with Crippen LogP contribution in [-0.2, 0) is 33.4 Å². The lowest BCUT2D eigenvalue weighted by Crippen LogP contribution is -2.40. The van der Waals surface area contributed by atoms with Crippen molar-refractivity contribution in [2.24, 2.45) is 0 Å². The Hall–Kier alpha value is -3.12. The second-order valence-corrected chi connectivity index (χ2v) is 6.68. The van der Waals surface area contributed by atoms with Crippen molar-refractivity contribution in [1.82, 2.24) is 9.97 Å². The van der Waals surface area contributed by atoms with Gasteiger partial charge in [0.1, 0.15) is 29.4 Å². The van der Waals surface area contributed by atoms with Crippen LogP contribution in [0.3, 0.4) is 0 Å². The zero-order valence-electron chi connectivity index (χ0n) is 17.1. The topological polar surface area (TPSA) is 165 Å². The second-order valence-electron chi connectivity index (χ2n) is 6.68. The molecule has 0 radical (unpaired) electrons. The van der Waals surface area contributed by atoms with Crippen LogP contribution < -0.4 is 10.5 Å². The van der Waals surface area contributed by atoms with Gasteiger partial charge in [0.2, 0.25) is 11.8 Å². The minimum Gasteiger partial charge on any atom is -0.456 e. The number of aryl methyl sites for hydroxylation is 1. The minimum atomic E-state index is -1.26. The molecule has 1 saturated heterocycles.